The maximum atomic E-state index is 6.53. The van der Waals surface area contributed by atoms with Gasteiger partial charge in [-0.3, -0.25) is 0 Å². The zero-order valence-electron chi connectivity index (χ0n) is 18.1. The Bertz CT molecular complexity index is 1550. The van der Waals surface area contributed by atoms with Crippen molar-refractivity contribution in [3.63, 3.8) is 0 Å². The van der Waals surface area contributed by atoms with E-state index in [9.17, 15) is 0 Å². The van der Waals surface area contributed by atoms with Crippen LogP contribution >= 0.6 is 23.1 Å². The summed E-state index contributed by atoms with van der Waals surface area (Å²) in [6, 6.07) is 21.9. The number of allylic oxidation sites excluding steroid dienone is 6. The van der Waals surface area contributed by atoms with E-state index < -0.39 is 0 Å². The molecule has 0 bridgehead atoms. The van der Waals surface area contributed by atoms with Crippen LogP contribution in [0.25, 0.3) is 36.9 Å². The van der Waals surface area contributed by atoms with E-state index in [-0.39, 0.29) is 0 Å². The van der Waals surface area contributed by atoms with E-state index in [0.29, 0.717) is 11.2 Å². The first-order valence-corrected chi connectivity index (χ1v) is 13.2. The molecule has 2 heterocycles. The van der Waals surface area contributed by atoms with E-state index in [1.54, 1.807) is 5.57 Å². The summed E-state index contributed by atoms with van der Waals surface area (Å²) in [5.74, 6) is 0.539. The Labute approximate surface area is 202 Å². The van der Waals surface area contributed by atoms with Crippen molar-refractivity contribution in [2.24, 2.45) is 5.92 Å². The van der Waals surface area contributed by atoms with Gasteiger partial charge in [-0.1, -0.05) is 78.9 Å². The van der Waals surface area contributed by atoms with Crippen LogP contribution in [0.1, 0.15) is 18.4 Å². The Morgan fingerprint density at radius 2 is 1.73 bits per heavy atom. The zero-order chi connectivity index (χ0) is 21.9. The highest BCUT2D eigenvalue weighted by molar-refractivity contribution is 8.04. The van der Waals surface area contributed by atoms with Gasteiger partial charge in [0.1, 0.15) is 0 Å². The molecule has 0 radical (unpaired) electrons. The van der Waals surface area contributed by atoms with Crippen molar-refractivity contribution in [1.29, 1.82) is 0 Å². The molecule has 2 unspecified atom stereocenters. The third kappa shape index (κ3) is 2.99. The van der Waals surface area contributed by atoms with Crippen LogP contribution in [0.15, 0.2) is 102 Å². The maximum Gasteiger partial charge on any atom is 0.0454 e. The standard InChI is InChI=1S/C30H23NS2/c31-25-17-16-24-22-7-2-4-11-27(22)33-30(24)28(25)19-14-12-18(13-15-19)20-8-5-9-23-21-6-1-3-10-26(21)32-29(20)23/h2-5,7-17,23,29H,1,6,31H2. The molecule has 2 N–H and O–H groups in total. The largest absolute Gasteiger partial charge is 0.398 e. The summed E-state index contributed by atoms with van der Waals surface area (Å²) in [6.07, 6.45) is 14.0. The molecular formula is C30H23NS2. The second-order valence-corrected chi connectivity index (χ2v) is 11.2. The summed E-state index contributed by atoms with van der Waals surface area (Å²) in [4.78, 5) is 1.49. The molecule has 3 aromatic carbocycles. The molecule has 0 saturated carbocycles. The third-order valence-corrected chi connectivity index (χ3v) is 9.79. The van der Waals surface area contributed by atoms with Gasteiger partial charge in [-0.2, -0.15) is 0 Å². The number of rotatable bonds is 2. The fourth-order valence-electron chi connectivity index (χ4n) is 5.54. The Morgan fingerprint density at radius 1 is 0.879 bits per heavy atom. The molecule has 160 valence electrons. The number of fused-ring (bicyclic) bond motifs is 5. The number of nitrogens with two attached hydrogens (primary N) is 1. The van der Waals surface area contributed by atoms with Gasteiger partial charge in [0.25, 0.3) is 0 Å². The van der Waals surface area contributed by atoms with E-state index >= 15 is 0 Å². The highest BCUT2D eigenvalue weighted by atomic mass is 32.2. The van der Waals surface area contributed by atoms with Crippen molar-refractivity contribution in [2.45, 2.75) is 18.1 Å². The minimum atomic E-state index is 0.490. The van der Waals surface area contributed by atoms with Gasteiger partial charge in [-0.05, 0) is 47.2 Å². The third-order valence-electron chi connectivity index (χ3n) is 7.14. The molecule has 0 amide bonds. The molecule has 1 aromatic heterocycles. The van der Waals surface area contributed by atoms with Crippen LogP contribution in [0.4, 0.5) is 5.69 Å². The summed E-state index contributed by atoms with van der Waals surface area (Å²) in [6.45, 7) is 0. The fourth-order valence-corrected chi connectivity index (χ4v) is 8.40. The first kappa shape index (κ1) is 19.5. The molecule has 3 heteroatoms. The molecule has 33 heavy (non-hydrogen) atoms. The predicted octanol–water partition coefficient (Wildman–Crippen LogP) is 8.59. The average molecular weight is 462 g/mol. The van der Waals surface area contributed by atoms with Gasteiger partial charge in [0.05, 0.1) is 0 Å². The predicted molar refractivity (Wildman–Crippen MR) is 147 cm³/mol. The van der Waals surface area contributed by atoms with E-state index in [2.05, 4.69) is 91.0 Å². The van der Waals surface area contributed by atoms with Gasteiger partial charge in [0.15, 0.2) is 0 Å². The number of thiophene rings is 1. The van der Waals surface area contributed by atoms with Crippen LogP contribution in [0.3, 0.4) is 0 Å². The summed E-state index contributed by atoms with van der Waals surface area (Å²) in [7, 11) is 0. The normalized spacial score (nSPS) is 21.5. The topological polar surface area (TPSA) is 26.0 Å². The molecule has 7 rings (SSSR count). The Morgan fingerprint density at radius 3 is 2.64 bits per heavy atom. The lowest BCUT2D eigenvalue weighted by Gasteiger charge is -2.25. The minimum absolute atomic E-state index is 0.490. The lowest BCUT2D eigenvalue weighted by atomic mass is 9.82. The van der Waals surface area contributed by atoms with Crippen molar-refractivity contribution in [3.8, 4) is 11.1 Å². The summed E-state index contributed by atoms with van der Waals surface area (Å²) < 4.78 is 2.59. The molecular weight excluding hydrogens is 438 g/mol. The number of benzene rings is 3. The van der Waals surface area contributed by atoms with Crippen LogP contribution in [0.2, 0.25) is 0 Å². The number of hydrogen-bond donors (Lipinski definition) is 1. The van der Waals surface area contributed by atoms with E-state index in [4.69, 9.17) is 5.73 Å². The SMILES string of the molecule is Nc1ccc2c(sc3ccccc32)c1-c1ccc(C2=CC=CC3C4=C(C=CCC4)SC23)cc1. The molecule has 2 atom stereocenters. The summed E-state index contributed by atoms with van der Waals surface area (Å²) >= 11 is 3.88. The molecule has 0 spiro atoms. The first-order valence-electron chi connectivity index (χ1n) is 11.5. The molecule has 4 aromatic rings. The average Bonchev–Trinajstić information content (AvgIpc) is 3.42. The van der Waals surface area contributed by atoms with Crippen molar-refractivity contribution in [1.82, 2.24) is 0 Å². The second-order valence-electron chi connectivity index (χ2n) is 8.98. The fraction of sp³-hybridized carbons (Fsp3) is 0.133. The highest BCUT2D eigenvalue weighted by Gasteiger charge is 2.37. The number of hydrogen-bond acceptors (Lipinski definition) is 3. The molecule has 0 fully saturated rings. The van der Waals surface area contributed by atoms with Gasteiger partial charge >= 0.3 is 0 Å². The highest BCUT2D eigenvalue weighted by Crippen LogP contribution is 2.53. The van der Waals surface area contributed by atoms with Crippen molar-refractivity contribution in [2.75, 3.05) is 5.73 Å². The summed E-state index contributed by atoms with van der Waals surface area (Å²) in [5, 5.41) is 3.09. The van der Waals surface area contributed by atoms with Crippen LogP contribution in [-0.2, 0) is 0 Å². The first-order chi connectivity index (χ1) is 16.3. The quantitative estimate of drug-likeness (QED) is 0.302. The monoisotopic (exact) mass is 461 g/mol. The zero-order valence-corrected chi connectivity index (χ0v) is 19.8. The van der Waals surface area contributed by atoms with Crippen LogP contribution in [0, 0.1) is 5.92 Å². The Hall–Kier alpha value is -3.01. The number of anilines is 1. The van der Waals surface area contributed by atoms with Crippen LogP contribution in [-0.4, -0.2) is 5.25 Å². The van der Waals surface area contributed by atoms with Crippen molar-refractivity contribution >= 4 is 54.5 Å². The maximum absolute atomic E-state index is 6.53. The second kappa shape index (κ2) is 7.51. The minimum Gasteiger partial charge on any atom is -0.398 e. The van der Waals surface area contributed by atoms with Gasteiger partial charge in [0.2, 0.25) is 0 Å². The van der Waals surface area contributed by atoms with Crippen LogP contribution in [0.5, 0.6) is 0 Å². The Balaban J connectivity index is 1.28. The van der Waals surface area contributed by atoms with Gasteiger partial charge in [-0.25, -0.2) is 0 Å². The van der Waals surface area contributed by atoms with E-state index in [1.165, 1.54) is 54.6 Å². The number of nitrogen functional groups attached to an aromatic ring is 1. The van der Waals surface area contributed by atoms with Crippen molar-refractivity contribution in [3.05, 3.63) is 107 Å². The van der Waals surface area contributed by atoms with Crippen LogP contribution < -0.4 is 5.73 Å². The van der Waals surface area contributed by atoms with E-state index in [0.717, 1.165) is 11.3 Å². The van der Waals surface area contributed by atoms with Gasteiger partial charge < -0.3 is 5.73 Å². The summed E-state index contributed by atoms with van der Waals surface area (Å²) in [5.41, 5.74) is 14.1. The molecule has 3 aliphatic rings. The van der Waals surface area contributed by atoms with Gasteiger partial charge in [0, 0.05) is 47.5 Å². The molecule has 1 nitrogen and oxygen atoms in total. The number of thioether (sulfide) groups is 1. The smallest absolute Gasteiger partial charge is 0.0454 e. The van der Waals surface area contributed by atoms with Crippen molar-refractivity contribution < 1.29 is 0 Å². The molecule has 1 aliphatic heterocycles. The Kier molecular flexibility index (Phi) is 4.43. The molecule has 2 aliphatic carbocycles. The van der Waals surface area contributed by atoms with Gasteiger partial charge in [-0.15, -0.1) is 23.1 Å². The molecule has 0 saturated heterocycles. The lowest BCUT2D eigenvalue weighted by Crippen LogP contribution is -2.17. The lowest BCUT2D eigenvalue weighted by molar-refractivity contribution is 0.745. The van der Waals surface area contributed by atoms with E-state index in [1.807, 2.05) is 23.1 Å².